The van der Waals surface area contributed by atoms with Crippen molar-refractivity contribution in [3.8, 4) is 5.75 Å². The van der Waals surface area contributed by atoms with E-state index in [9.17, 15) is 9.59 Å². The Bertz CT molecular complexity index is 886. The summed E-state index contributed by atoms with van der Waals surface area (Å²) in [5.41, 5.74) is 6.81. The number of carbonyl (C=O) groups excluding carboxylic acids is 2. The summed E-state index contributed by atoms with van der Waals surface area (Å²) in [4.78, 5) is 27.0. The van der Waals surface area contributed by atoms with Crippen LogP contribution in [0, 0.1) is 5.92 Å². The van der Waals surface area contributed by atoms with Gasteiger partial charge < -0.3 is 20.7 Å². The van der Waals surface area contributed by atoms with E-state index in [0.717, 1.165) is 23.4 Å². The lowest BCUT2D eigenvalue weighted by atomic mass is 9.73. The summed E-state index contributed by atoms with van der Waals surface area (Å²) in [6.07, 6.45) is 1.30. The zero-order valence-corrected chi connectivity index (χ0v) is 15.9. The molecule has 0 aromatic heterocycles. The van der Waals surface area contributed by atoms with Gasteiger partial charge in [0.05, 0.1) is 0 Å². The third kappa shape index (κ3) is 3.19. The number of rotatable bonds is 6. The summed E-state index contributed by atoms with van der Waals surface area (Å²) in [6.45, 7) is 3.13. The lowest BCUT2D eigenvalue weighted by Crippen LogP contribution is -2.64. The van der Waals surface area contributed by atoms with E-state index in [1.54, 1.807) is 4.90 Å². The first-order valence-corrected chi connectivity index (χ1v) is 9.67. The molecular formula is C22H25N3O3. The number of primary amides is 1. The Morgan fingerprint density at radius 3 is 2.68 bits per heavy atom. The lowest BCUT2D eigenvalue weighted by molar-refractivity contribution is -0.175. The smallest absolute Gasteiger partial charge is 0.238 e. The minimum atomic E-state index is -0.847. The molecule has 3 atom stereocenters. The number of piperidine rings is 1. The molecule has 2 aliphatic heterocycles. The quantitative estimate of drug-likeness (QED) is 0.597. The first-order chi connectivity index (χ1) is 13.5. The van der Waals surface area contributed by atoms with Gasteiger partial charge in [-0.05, 0) is 37.1 Å². The first-order valence-electron chi connectivity index (χ1n) is 9.67. The van der Waals surface area contributed by atoms with E-state index < -0.39 is 17.6 Å². The molecule has 2 aromatic rings. The van der Waals surface area contributed by atoms with Gasteiger partial charge in [0, 0.05) is 31.1 Å². The highest BCUT2D eigenvalue weighted by Gasteiger charge is 2.55. The minimum absolute atomic E-state index is 0.236. The van der Waals surface area contributed by atoms with Crippen LogP contribution >= 0.6 is 0 Å². The van der Waals surface area contributed by atoms with Crippen molar-refractivity contribution in [1.29, 1.82) is 0 Å². The van der Waals surface area contributed by atoms with E-state index >= 15 is 0 Å². The molecule has 6 heteroatoms. The molecule has 6 nitrogen and oxygen atoms in total. The van der Waals surface area contributed by atoms with Gasteiger partial charge in [0.1, 0.15) is 11.7 Å². The number of hydrogen-bond acceptors (Lipinski definition) is 4. The molecule has 0 saturated carbocycles. The Hall–Kier alpha value is -3.02. The average Bonchev–Trinajstić information content (AvgIpc) is 2.67. The number of likely N-dealkylation sites (tertiary alicyclic amines) is 1. The molecule has 2 aliphatic rings. The van der Waals surface area contributed by atoms with Crippen LogP contribution in [0.25, 0.3) is 0 Å². The van der Waals surface area contributed by atoms with Gasteiger partial charge in [0.2, 0.25) is 11.8 Å². The van der Waals surface area contributed by atoms with Gasteiger partial charge in [-0.2, -0.15) is 0 Å². The van der Waals surface area contributed by atoms with Crippen LogP contribution in [-0.2, 0) is 9.59 Å². The number of hydrogen-bond donors (Lipinski definition) is 2. The predicted octanol–water partition coefficient (Wildman–Crippen LogP) is 2.71. The van der Waals surface area contributed by atoms with E-state index in [2.05, 4.69) is 5.32 Å². The standard InChI is InChI=1S/C22H25N3O3/c1-22-14-17(16-10-5-6-11-18(16)28-22)19(20(23)26)21(27)25(22)13-7-12-24-15-8-3-2-4-9-15/h2-6,8-11,17,19,24H,7,12-14H2,1H3,(H2,23,26). The monoisotopic (exact) mass is 379 g/mol. The molecule has 2 amide bonds. The highest BCUT2D eigenvalue weighted by molar-refractivity contribution is 6.01. The van der Waals surface area contributed by atoms with Crippen LogP contribution in [0.1, 0.15) is 31.2 Å². The minimum Gasteiger partial charge on any atom is -0.468 e. The molecule has 1 fully saturated rings. The van der Waals surface area contributed by atoms with Crippen molar-refractivity contribution in [3.05, 3.63) is 60.2 Å². The van der Waals surface area contributed by atoms with Gasteiger partial charge in [0.25, 0.3) is 0 Å². The molecule has 0 aliphatic carbocycles. The fourth-order valence-electron chi connectivity index (χ4n) is 4.40. The summed E-state index contributed by atoms with van der Waals surface area (Å²) in [7, 11) is 0. The van der Waals surface area contributed by atoms with Crippen molar-refractivity contribution in [2.75, 3.05) is 18.4 Å². The molecule has 0 spiro atoms. The maximum Gasteiger partial charge on any atom is 0.238 e. The lowest BCUT2D eigenvalue weighted by Gasteiger charge is -2.52. The molecule has 2 aromatic carbocycles. The maximum absolute atomic E-state index is 13.2. The number of amides is 2. The van der Waals surface area contributed by atoms with Crippen LogP contribution in [-0.4, -0.2) is 35.5 Å². The van der Waals surface area contributed by atoms with Crippen molar-refractivity contribution < 1.29 is 14.3 Å². The number of nitrogens with two attached hydrogens (primary N) is 1. The Labute approximate surface area is 164 Å². The molecule has 4 rings (SSSR count). The van der Waals surface area contributed by atoms with E-state index in [1.165, 1.54) is 0 Å². The third-order valence-electron chi connectivity index (χ3n) is 5.72. The predicted molar refractivity (Wildman–Crippen MR) is 107 cm³/mol. The second kappa shape index (κ2) is 7.19. The molecule has 146 valence electrons. The highest BCUT2D eigenvalue weighted by Crippen LogP contribution is 2.49. The van der Waals surface area contributed by atoms with Crippen LogP contribution < -0.4 is 15.8 Å². The van der Waals surface area contributed by atoms with Crippen molar-refractivity contribution in [2.45, 2.75) is 31.4 Å². The van der Waals surface area contributed by atoms with Crippen molar-refractivity contribution in [1.82, 2.24) is 4.90 Å². The number of fused-ring (bicyclic) bond motifs is 4. The molecule has 0 radical (unpaired) electrons. The normalized spacial score (nSPS) is 25.6. The van der Waals surface area contributed by atoms with E-state index in [-0.39, 0.29) is 11.8 Å². The van der Waals surface area contributed by atoms with Crippen LogP contribution in [0.4, 0.5) is 5.69 Å². The van der Waals surface area contributed by atoms with Crippen molar-refractivity contribution >= 4 is 17.5 Å². The fourth-order valence-corrected chi connectivity index (χ4v) is 4.40. The zero-order chi connectivity index (χ0) is 19.7. The summed E-state index contributed by atoms with van der Waals surface area (Å²) >= 11 is 0. The largest absolute Gasteiger partial charge is 0.468 e. The summed E-state index contributed by atoms with van der Waals surface area (Å²) in [6, 6.07) is 17.5. The summed E-state index contributed by atoms with van der Waals surface area (Å²) in [5.74, 6) is -1.16. The van der Waals surface area contributed by atoms with Crippen molar-refractivity contribution in [3.63, 3.8) is 0 Å². The van der Waals surface area contributed by atoms with Crippen LogP contribution in [0.2, 0.25) is 0 Å². The number of nitrogens with zero attached hydrogens (tertiary/aromatic N) is 1. The average molecular weight is 379 g/mol. The van der Waals surface area contributed by atoms with Crippen molar-refractivity contribution in [2.24, 2.45) is 11.7 Å². The number of ether oxygens (including phenoxy) is 1. The highest BCUT2D eigenvalue weighted by atomic mass is 16.5. The Morgan fingerprint density at radius 1 is 1.21 bits per heavy atom. The van der Waals surface area contributed by atoms with E-state index in [0.29, 0.717) is 19.5 Å². The van der Waals surface area contributed by atoms with Gasteiger partial charge in [-0.3, -0.25) is 9.59 Å². The number of para-hydroxylation sites is 2. The Morgan fingerprint density at radius 2 is 1.93 bits per heavy atom. The number of carbonyl (C=O) groups is 2. The molecule has 3 N–H and O–H groups in total. The molecule has 3 unspecified atom stereocenters. The summed E-state index contributed by atoms with van der Waals surface area (Å²) in [5, 5.41) is 3.35. The topological polar surface area (TPSA) is 84.7 Å². The first kappa shape index (κ1) is 18.3. The Balaban J connectivity index is 1.52. The van der Waals surface area contributed by atoms with Crippen LogP contribution in [0.15, 0.2) is 54.6 Å². The van der Waals surface area contributed by atoms with Gasteiger partial charge >= 0.3 is 0 Å². The van der Waals surface area contributed by atoms with Crippen LogP contribution in [0.5, 0.6) is 5.75 Å². The number of anilines is 1. The molecule has 1 saturated heterocycles. The maximum atomic E-state index is 13.2. The van der Waals surface area contributed by atoms with Gasteiger partial charge in [-0.1, -0.05) is 36.4 Å². The van der Waals surface area contributed by atoms with Gasteiger partial charge in [-0.15, -0.1) is 0 Å². The second-order valence-corrected chi connectivity index (χ2v) is 7.64. The molecule has 2 heterocycles. The molecule has 2 bridgehead atoms. The number of benzene rings is 2. The van der Waals surface area contributed by atoms with Gasteiger partial charge in [0.15, 0.2) is 5.72 Å². The van der Waals surface area contributed by atoms with E-state index in [1.807, 2.05) is 61.5 Å². The second-order valence-electron chi connectivity index (χ2n) is 7.64. The SMILES string of the molecule is CC12CC(c3ccccc3O1)C(C(N)=O)C(=O)N2CCCNc1ccccc1. The van der Waals surface area contributed by atoms with Gasteiger partial charge in [-0.25, -0.2) is 0 Å². The molecular weight excluding hydrogens is 354 g/mol. The fraction of sp³-hybridized carbons (Fsp3) is 0.364. The number of nitrogens with one attached hydrogen (secondary N) is 1. The van der Waals surface area contributed by atoms with Crippen LogP contribution in [0.3, 0.4) is 0 Å². The third-order valence-corrected chi connectivity index (χ3v) is 5.72. The Kier molecular flexibility index (Phi) is 4.71. The van der Waals surface area contributed by atoms with E-state index in [4.69, 9.17) is 10.5 Å². The zero-order valence-electron chi connectivity index (χ0n) is 15.9. The molecule has 28 heavy (non-hydrogen) atoms. The summed E-state index contributed by atoms with van der Waals surface area (Å²) < 4.78 is 6.25.